The minimum absolute atomic E-state index is 0.125. The molecule has 0 aliphatic heterocycles. The van der Waals surface area contributed by atoms with Gasteiger partial charge in [0.15, 0.2) is 6.73 Å². The highest BCUT2D eigenvalue weighted by Gasteiger charge is 2.07. The predicted octanol–water partition coefficient (Wildman–Crippen LogP) is 3.77. The second-order valence-electron chi connectivity index (χ2n) is 5.01. The molecule has 0 unspecified atom stereocenters. The molecule has 0 aliphatic rings. The smallest absolute Gasteiger partial charge is 0.321 e. The van der Waals surface area contributed by atoms with Gasteiger partial charge >= 0.3 is 6.03 Å². The van der Waals surface area contributed by atoms with E-state index in [1.165, 1.54) is 5.56 Å². The number of amides is 2. The topological polar surface area (TPSA) is 50.4 Å². The van der Waals surface area contributed by atoms with Crippen LogP contribution >= 0.6 is 0 Å². The molecule has 2 rings (SSSR count). The van der Waals surface area contributed by atoms with E-state index >= 15 is 0 Å². The molecule has 0 bridgehead atoms. The Morgan fingerprint density at radius 3 is 2.29 bits per heavy atom. The molecule has 110 valence electrons. The van der Waals surface area contributed by atoms with Gasteiger partial charge in [-0.15, -0.1) is 0 Å². The van der Waals surface area contributed by atoms with Crippen LogP contribution < -0.4 is 15.4 Å². The van der Waals surface area contributed by atoms with Crippen LogP contribution in [0.3, 0.4) is 0 Å². The lowest BCUT2D eigenvalue weighted by Gasteiger charge is -2.14. The van der Waals surface area contributed by atoms with Crippen LogP contribution in [0, 0.1) is 20.8 Å². The summed E-state index contributed by atoms with van der Waals surface area (Å²) in [7, 11) is 0. The van der Waals surface area contributed by atoms with Crippen LogP contribution in [0.2, 0.25) is 0 Å². The molecule has 4 heteroatoms. The van der Waals surface area contributed by atoms with Gasteiger partial charge in [0.05, 0.1) is 0 Å². The van der Waals surface area contributed by atoms with Crippen molar-refractivity contribution < 1.29 is 9.53 Å². The van der Waals surface area contributed by atoms with Crippen molar-refractivity contribution >= 4 is 11.7 Å². The van der Waals surface area contributed by atoms with Crippen LogP contribution in [0.25, 0.3) is 0 Å². The molecular formula is C17H20N2O2. The lowest BCUT2D eigenvalue weighted by Crippen LogP contribution is -2.32. The SMILES string of the molecule is Cc1cc(C)c(NC(=O)NCOc2ccccc2)c(C)c1. The Morgan fingerprint density at radius 1 is 1.05 bits per heavy atom. The number of benzene rings is 2. The third kappa shape index (κ3) is 4.24. The largest absolute Gasteiger partial charge is 0.473 e. The fourth-order valence-corrected chi connectivity index (χ4v) is 2.24. The minimum Gasteiger partial charge on any atom is -0.473 e. The number of aryl methyl sites for hydroxylation is 3. The lowest BCUT2D eigenvalue weighted by molar-refractivity contribution is 0.234. The van der Waals surface area contributed by atoms with Crippen molar-refractivity contribution in [2.24, 2.45) is 0 Å². The third-order valence-electron chi connectivity index (χ3n) is 3.13. The number of rotatable bonds is 4. The Bertz CT molecular complexity index is 601. The minimum atomic E-state index is -0.277. The van der Waals surface area contributed by atoms with Gasteiger partial charge in [-0.1, -0.05) is 35.9 Å². The van der Waals surface area contributed by atoms with Crippen LogP contribution in [0.15, 0.2) is 42.5 Å². The second kappa shape index (κ2) is 6.79. The van der Waals surface area contributed by atoms with Crippen molar-refractivity contribution in [2.75, 3.05) is 12.0 Å². The standard InChI is InChI=1S/C17H20N2O2/c1-12-9-13(2)16(14(3)10-12)19-17(20)18-11-21-15-7-5-4-6-8-15/h4-10H,11H2,1-3H3,(H2,18,19,20). The van der Waals surface area contributed by atoms with Gasteiger partial charge in [-0.25, -0.2) is 4.79 Å². The number of nitrogens with one attached hydrogen (secondary N) is 2. The van der Waals surface area contributed by atoms with Gasteiger partial charge in [0.1, 0.15) is 5.75 Å². The quantitative estimate of drug-likeness (QED) is 0.840. The molecule has 0 atom stereocenters. The van der Waals surface area contributed by atoms with Crippen molar-refractivity contribution in [3.05, 3.63) is 59.2 Å². The zero-order valence-electron chi connectivity index (χ0n) is 12.6. The molecule has 2 N–H and O–H groups in total. The Labute approximate surface area is 125 Å². The molecule has 0 spiro atoms. The van der Waals surface area contributed by atoms with Gasteiger partial charge in [0.25, 0.3) is 0 Å². The van der Waals surface area contributed by atoms with Crippen molar-refractivity contribution in [1.29, 1.82) is 0 Å². The summed E-state index contributed by atoms with van der Waals surface area (Å²) >= 11 is 0. The van der Waals surface area contributed by atoms with Gasteiger partial charge in [-0.05, 0) is 44.0 Å². The second-order valence-corrected chi connectivity index (χ2v) is 5.01. The number of carbonyl (C=O) groups excluding carboxylic acids is 1. The first-order valence-electron chi connectivity index (χ1n) is 6.87. The normalized spacial score (nSPS) is 10.0. The van der Waals surface area contributed by atoms with Crippen LogP contribution in [0.4, 0.5) is 10.5 Å². The molecule has 21 heavy (non-hydrogen) atoms. The number of hydrogen-bond acceptors (Lipinski definition) is 2. The summed E-state index contributed by atoms with van der Waals surface area (Å²) in [6.45, 7) is 6.13. The van der Waals surface area contributed by atoms with Crippen molar-refractivity contribution in [1.82, 2.24) is 5.32 Å². The van der Waals surface area contributed by atoms with Crippen LogP contribution in [-0.2, 0) is 0 Å². The maximum atomic E-state index is 11.9. The van der Waals surface area contributed by atoms with E-state index in [0.717, 1.165) is 22.6 Å². The lowest BCUT2D eigenvalue weighted by atomic mass is 10.1. The van der Waals surface area contributed by atoms with Gasteiger partial charge < -0.3 is 15.4 Å². The van der Waals surface area contributed by atoms with E-state index in [1.54, 1.807) is 0 Å². The van der Waals surface area contributed by atoms with E-state index in [2.05, 4.69) is 10.6 Å². The number of para-hydroxylation sites is 1. The van der Waals surface area contributed by atoms with Gasteiger partial charge in [-0.3, -0.25) is 0 Å². The summed E-state index contributed by atoms with van der Waals surface area (Å²) in [6, 6.07) is 13.2. The number of carbonyl (C=O) groups is 1. The number of ether oxygens (including phenoxy) is 1. The van der Waals surface area contributed by atoms with Crippen LogP contribution in [0.5, 0.6) is 5.75 Å². The maximum Gasteiger partial charge on any atom is 0.321 e. The molecule has 0 radical (unpaired) electrons. The van der Waals surface area contributed by atoms with Gasteiger partial charge in [-0.2, -0.15) is 0 Å². The van der Waals surface area contributed by atoms with Gasteiger partial charge in [0, 0.05) is 5.69 Å². The number of hydrogen-bond donors (Lipinski definition) is 2. The molecule has 0 heterocycles. The average molecular weight is 284 g/mol. The molecule has 0 saturated carbocycles. The van der Waals surface area contributed by atoms with E-state index in [-0.39, 0.29) is 12.8 Å². The molecule has 0 aromatic heterocycles. The molecule has 2 aromatic carbocycles. The molecule has 2 amide bonds. The zero-order valence-corrected chi connectivity index (χ0v) is 12.6. The first kappa shape index (κ1) is 14.9. The number of anilines is 1. The summed E-state index contributed by atoms with van der Waals surface area (Å²) in [4.78, 5) is 11.9. The Kier molecular flexibility index (Phi) is 4.82. The molecule has 4 nitrogen and oxygen atoms in total. The summed E-state index contributed by atoms with van der Waals surface area (Å²) in [6.07, 6.45) is 0. The summed E-state index contributed by atoms with van der Waals surface area (Å²) in [5.41, 5.74) is 4.12. The van der Waals surface area contributed by atoms with E-state index in [4.69, 9.17) is 4.74 Å². The van der Waals surface area contributed by atoms with Gasteiger partial charge in [0.2, 0.25) is 0 Å². The third-order valence-corrected chi connectivity index (χ3v) is 3.13. The van der Waals surface area contributed by atoms with Crippen LogP contribution in [-0.4, -0.2) is 12.8 Å². The van der Waals surface area contributed by atoms with Crippen LogP contribution in [0.1, 0.15) is 16.7 Å². The molecular weight excluding hydrogens is 264 g/mol. The monoisotopic (exact) mass is 284 g/mol. The first-order valence-corrected chi connectivity index (χ1v) is 6.87. The van der Waals surface area contributed by atoms with E-state index in [1.807, 2.05) is 63.2 Å². The van der Waals surface area contributed by atoms with Crippen molar-refractivity contribution in [2.45, 2.75) is 20.8 Å². The fraction of sp³-hybridized carbons (Fsp3) is 0.235. The Morgan fingerprint density at radius 2 is 1.67 bits per heavy atom. The maximum absolute atomic E-state index is 11.9. The molecule has 0 saturated heterocycles. The fourth-order valence-electron chi connectivity index (χ4n) is 2.24. The Hall–Kier alpha value is -2.49. The van der Waals surface area contributed by atoms with E-state index in [0.29, 0.717) is 0 Å². The van der Waals surface area contributed by atoms with E-state index in [9.17, 15) is 4.79 Å². The predicted molar refractivity (Wildman–Crippen MR) is 84.7 cm³/mol. The van der Waals surface area contributed by atoms with E-state index < -0.39 is 0 Å². The highest BCUT2D eigenvalue weighted by atomic mass is 16.5. The molecule has 2 aromatic rings. The highest BCUT2D eigenvalue weighted by Crippen LogP contribution is 2.21. The molecule has 0 aliphatic carbocycles. The summed E-state index contributed by atoms with van der Waals surface area (Å²) in [5, 5.41) is 5.54. The molecule has 0 fully saturated rings. The zero-order chi connectivity index (χ0) is 15.2. The summed E-state index contributed by atoms with van der Waals surface area (Å²) < 4.78 is 5.42. The Balaban J connectivity index is 1.88. The average Bonchev–Trinajstić information content (AvgIpc) is 2.44. The van der Waals surface area contributed by atoms with Crippen molar-refractivity contribution in [3.8, 4) is 5.75 Å². The van der Waals surface area contributed by atoms with Crippen molar-refractivity contribution in [3.63, 3.8) is 0 Å². The summed E-state index contributed by atoms with van der Waals surface area (Å²) in [5.74, 6) is 0.723. The first-order chi connectivity index (χ1) is 10.1. The highest BCUT2D eigenvalue weighted by molar-refractivity contribution is 5.91. The number of urea groups is 1.